The maximum Gasteiger partial charge on any atom is 0.306 e. The van der Waals surface area contributed by atoms with Crippen LogP contribution in [-0.4, -0.2) is 28.9 Å². The van der Waals surface area contributed by atoms with Crippen LogP contribution in [0, 0.1) is 28.6 Å². The molecule has 5 heteroatoms. The highest BCUT2D eigenvalue weighted by Gasteiger charge is 2.67. The molecule has 0 aromatic heterocycles. The lowest BCUT2D eigenvalue weighted by molar-refractivity contribution is -0.161. The molecule has 0 N–H and O–H groups in total. The van der Waals surface area contributed by atoms with Crippen molar-refractivity contribution in [1.29, 1.82) is 0 Å². The molecule has 1 spiro atoms. The molecule has 0 unspecified atom stereocenters. The predicted molar refractivity (Wildman–Crippen MR) is 118 cm³/mol. The minimum atomic E-state index is -0.431. The predicted octanol–water partition coefficient (Wildman–Crippen LogP) is 4.45. The van der Waals surface area contributed by atoms with Gasteiger partial charge in [0.2, 0.25) is 0 Å². The van der Waals surface area contributed by atoms with Crippen LogP contribution in [0.5, 0.6) is 0 Å². The van der Waals surface area contributed by atoms with Crippen molar-refractivity contribution in [2.24, 2.45) is 28.6 Å². The Kier molecular flexibility index (Phi) is 4.78. The van der Waals surface area contributed by atoms with Crippen LogP contribution in [0.15, 0.2) is 35.5 Å². The van der Waals surface area contributed by atoms with Crippen LogP contribution in [0.4, 0.5) is 0 Å². The van der Waals surface area contributed by atoms with Crippen LogP contribution >= 0.6 is 0 Å². The van der Waals surface area contributed by atoms with Crippen molar-refractivity contribution in [3.05, 3.63) is 35.5 Å². The first-order valence-electron chi connectivity index (χ1n) is 12.0. The van der Waals surface area contributed by atoms with Crippen LogP contribution in [0.1, 0.15) is 72.1 Å². The van der Waals surface area contributed by atoms with Crippen LogP contribution in [0.25, 0.3) is 0 Å². The molecule has 32 heavy (non-hydrogen) atoms. The van der Waals surface area contributed by atoms with E-state index in [9.17, 15) is 19.2 Å². The molecule has 5 aliphatic rings. The van der Waals surface area contributed by atoms with E-state index in [-0.39, 0.29) is 51.9 Å². The van der Waals surface area contributed by atoms with E-state index in [1.54, 1.807) is 6.08 Å². The minimum absolute atomic E-state index is 0.0364. The summed E-state index contributed by atoms with van der Waals surface area (Å²) >= 11 is 0. The summed E-state index contributed by atoms with van der Waals surface area (Å²) in [7, 11) is 0. The Morgan fingerprint density at radius 3 is 2.56 bits per heavy atom. The summed E-state index contributed by atoms with van der Waals surface area (Å²) in [6, 6.07) is 0. The van der Waals surface area contributed by atoms with E-state index in [4.69, 9.17) is 4.74 Å². The van der Waals surface area contributed by atoms with Crippen molar-refractivity contribution >= 4 is 23.3 Å². The molecule has 0 radical (unpaired) electrons. The minimum Gasteiger partial charge on any atom is -0.458 e. The molecule has 5 rings (SSSR count). The monoisotopic (exact) mass is 436 g/mol. The number of allylic oxidation sites excluding steroid dienone is 6. The number of rotatable bonds is 3. The third kappa shape index (κ3) is 2.89. The molecule has 1 saturated heterocycles. The Bertz CT molecular complexity index is 1020. The molecule has 0 bridgehead atoms. The van der Waals surface area contributed by atoms with Gasteiger partial charge in [0.25, 0.3) is 0 Å². The molecule has 1 aliphatic heterocycles. The smallest absolute Gasteiger partial charge is 0.306 e. The Hall–Kier alpha value is -2.30. The zero-order chi connectivity index (χ0) is 22.9. The second kappa shape index (κ2) is 7.10. The number of ether oxygens (including phenoxy) is 1. The highest BCUT2D eigenvalue weighted by molar-refractivity contribution is 6.00. The molecular weight excluding hydrogens is 404 g/mol. The fourth-order valence-corrected chi connectivity index (χ4v) is 7.75. The first-order valence-corrected chi connectivity index (χ1v) is 12.0. The molecular formula is C27H32O5. The van der Waals surface area contributed by atoms with Gasteiger partial charge in [0.1, 0.15) is 5.60 Å². The van der Waals surface area contributed by atoms with Gasteiger partial charge in [0.15, 0.2) is 17.3 Å². The number of esters is 1. The number of fused-ring (bicyclic) bond motifs is 6. The molecule has 1 heterocycles. The lowest BCUT2D eigenvalue weighted by atomic mass is 9.47. The van der Waals surface area contributed by atoms with Gasteiger partial charge in [-0.25, -0.2) is 0 Å². The topological polar surface area (TPSA) is 77.5 Å². The Morgan fingerprint density at radius 2 is 1.88 bits per heavy atom. The lowest BCUT2D eigenvalue weighted by Gasteiger charge is -2.56. The number of carbonyl (C=O) groups is 4. The molecule has 0 aromatic rings. The summed E-state index contributed by atoms with van der Waals surface area (Å²) in [6.45, 7) is 5.93. The van der Waals surface area contributed by atoms with Crippen molar-refractivity contribution in [1.82, 2.24) is 0 Å². The Labute approximate surface area is 189 Å². The molecule has 3 fully saturated rings. The molecule has 4 aliphatic carbocycles. The van der Waals surface area contributed by atoms with Gasteiger partial charge in [-0.05, 0) is 75.5 Å². The van der Waals surface area contributed by atoms with Crippen molar-refractivity contribution in [2.75, 3.05) is 0 Å². The van der Waals surface area contributed by atoms with E-state index in [2.05, 4.69) is 19.9 Å². The van der Waals surface area contributed by atoms with E-state index < -0.39 is 5.60 Å². The van der Waals surface area contributed by atoms with E-state index in [0.29, 0.717) is 19.3 Å². The summed E-state index contributed by atoms with van der Waals surface area (Å²) in [4.78, 5) is 49.3. The number of carbonyl (C=O) groups excluding carboxylic acids is 4. The summed E-state index contributed by atoms with van der Waals surface area (Å²) in [6.07, 6.45) is 12.6. The first-order chi connectivity index (χ1) is 15.1. The van der Waals surface area contributed by atoms with Gasteiger partial charge in [-0.1, -0.05) is 31.1 Å². The standard InChI is InChI=1S/C27H32O5/c1-16(28)4-5-22(30)19-15-17-14-18(29)6-10-25(17,2)20-7-11-26(3)21(24(19)20)8-12-27(26)13-9-23(31)32-27/h4-5,7,14,19,21,24H,6,8-13,15H2,1-3H3/b5-4-/t19-,21-,24+,25-,26-,27+/m0/s1. The molecule has 2 saturated carbocycles. The van der Waals surface area contributed by atoms with E-state index in [0.717, 1.165) is 37.7 Å². The van der Waals surface area contributed by atoms with Gasteiger partial charge in [-0.2, -0.15) is 0 Å². The summed E-state index contributed by atoms with van der Waals surface area (Å²) in [5.41, 5.74) is 1.54. The Balaban J connectivity index is 1.61. The quantitative estimate of drug-likeness (QED) is 0.371. The maximum absolute atomic E-state index is 13.4. The molecule has 0 amide bonds. The number of hydrogen-bond acceptors (Lipinski definition) is 5. The zero-order valence-electron chi connectivity index (χ0n) is 19.2. The second-order valence-corrected chi connectivity index (χ2v) is 11.0. The summed E-state index contributed by atoms with van der Waals surface area (Å²) in [5, 5.41) is 0. The van der Waals surface area contributed by atoms with Gasteiger partial charge in [-0.3, -0.25) is 19.2 Å². The first kappa shape index (κ1) is 21.5. The van der Waals surface area contributed by atoms with Crippen molar-refractivity contribution in [3.63, 3.8) is 0 Å². The van der Waals surface area contributed by atoms with E-state index in [1.165, 1.54) is 24.6 Å². The summed E-state index contributed by atoms with van der Waals surface area (Å²) < 4.78 is 6.01. The average molecular weight is 437 g/mol. The molecule has 6 atom stereocenters. The van der Waals surface area contributed by atoms with Gasteiger partial charge >= 0.3 is 5.97 Å². The largest absolute Gasteiger partial charge is 0.458 e. The van der Waals surface area contributed by atoms with Crippen LogP contribution < -0.4 is 0 Å². The van der Waals surface area contributed by atoms with E-state index >= 15 is 0 Å². The molecule has 0 aromatic carbocycles. The van der Waals surface area contributed by atoms with E-state index in [1.807, 2.05) is 0 Å². The SMILES string of the molecule is CC(=O)/C=C\C(=O)[C@@H]1CC2=CC(=O)CC[C@]2(C)C2=CC[C@@]3(C)[C@@H](CC[C@@]34CCC(=O)O4)[C@@H]21. The maximum atomic E-state index is 13.4. The second-order valence-electron chi connectivity index (χ2n) is 11.0. The number of ketones is 3. The van der Waals surface area contributed by atoms with Gasteiger partial charge in [0, 0.05) is 29.6 Å². The van der Waals surface area contributed by atoms with Crippen molar-refractivity contribution in [2.45, 2.75) is 77.7 Å². The van der Waals surface area contributed by atoms with Gasteiger partial charge in [0.05, 0.1) is 0 Å². The van der Waals surface area contributed by atoms with Crippen LogP contribution in [0.2, 0.25) is 0 Å². The Morgan fingerprint density at radius 1 is 1.09 bits per heavy atom. The number of hydrogen-bond donors (Lipinski definition) is 0. The average Bonchev–Trinajstić information content (AvgIpc) is 3.26. The highest BCUT2D eigenvalue weighted by Crippen LogP contribution is 2.69. The third-order valence-corrected chi connectivity index (χ3v) is 9.57. The fraction of sp³-hybridized carbons (Fsp3) is 0.630. The van der Waals surface area contributed by atoms with Crippen LogP contribution in [-0.2, 0) is 23.9 Å². The summed E-state index contributed by atoms with van der Waals surface area (Å²) in [5.74, 6) is -0.153. The lowest BCUT2D eigenvalue weighted by Crippen LogP contribution is -2.53. The molecule has 5 nitrogen and oxygen atoms in total. The van der Waals surface area contributed by atoms with Crippen molar-refractivity contribution < 1.29 is 23.9 Å². The normalized spacial score (nSPS) is 42.8. The van der Waals surface area contributed by atoms with Gasteiger partial charge in [-0.15, -0.1) is 0 Å². The molecule has 170 valence electrons. The fourth-order valence-electron chi connectivity index (χ4n) is 7.75. The zero-order valence-corrected chi connectivity index (χ0v) is 19.2. The highest BCUT2D eigenvalue weighted by atomic mass is 16.6. The van der Waals surface area contributed by atoms with Gasteiger partial charge < -0.3 is 4.74 Å². The van der Waals surface area contributed by atoms with Crippen molar-refractivity contribution in [3.8, 4) is 0 Å². The third-order valence-electron chi connectivity index (χ3n) is 9.57. The van der Waals surface area contributed by atoms with Crippen LogP contribution in [0.3, 0.4) is 0 Å².